The van der Waals surface area contributed by atoms with Crippen molar-refractivity contribution in [2.45, 2.75) is 32.1 Å². The van der Waals surface area contributed by atoms with Crippen LogP contribution in [-0.4, -0.2) is 38.1 Å². The van der Waals surface area contributed by atoms with Gasteiger partial charge in [0.15, 0.2) is 0 Å². The van der Waals surface area contributed by atoms with Crippen molar-refractivity contribution >= 4 is 40.5 Å². The number of amides is 2. The predicted molar refractivity (Wildman–Crippen MR) is 124 cm³/mol. The summed E-state index contributed by atoms with van der Waals surface area (Å²) < 4.78 is 5.43. The Morgan fingerprint density at radius 1 is 0.968 bits per heavy atom. The normalized spacial score (nSPS) is 17.3. The van der Waals surface area contributed by atoms with Crippen LogP contribution in [0.1, 0.15) is 42.5 Å². The number of halogens is 1. The molecule has 7 heteroatoms. The molecular formula is C24H28ClN3O3. The summed E-state index contributed by atoms with van der Waals surface area (Å²) in [6.45, 7) is 2.82. The third-order valence-corrected chi connectivity index (χ3v) is 6.16. The molecule has 0 spiro atoms. The number of benzene rings is 2. The third-order valence-electron chi connectivity index (χ3n) is 5.93. The van der Waals surface area contributed by atoms with Crippen LogP contribution in [0.25, 0.3) is 0 Å². The molecule has 1 saturated carbocycles. The first-order valence-corrected chi connectivity index (χ1v) is 11.3. The molecule has 31 heavy (non-hydrogen) atoms. The fourth-order valence-electron chi connectivity index (χ4n) is 4.23. The van der Waals surface area contributed by atoms with Crippen molar-refractivity contribution in [3.05, 3.63) is 53.1 Å². The number of nitrogens with one attached hydrogen (secondary N) is 2. The zero-order valence-corrected chi connectivity index (χ0v) is 18.3. The van der Waals surface area contributed by atoms with Crippen molar-refractivity contribution in [3.63, 3.8) is 0 Å². The molecule has 2 fully saturated rings. The molecule has 164 valence electrons. The Morgan fingerprint density at radius 2 is 1.74 bits per heavy atom. The summed E-state index contributed by atoms with van der Waals surface area (Å²) in [5, 5.41) is 6.53. The summed E-state index contributed by atoms with van der Waals surface area (Å²) in [4.78, 5) is 27.7. The monoisotopic (exact) mass is 441 g/mol. The van der Waals surface area contributed by atoms with Crippen molar-refractivity contribution < 1.29 is 14.3 Å². The molecule has 1 saturated heterocycles. The minimum absolute atomic E-state index is 0.0432. The van der Waals surface area contributed by atoms with Crippen LogP contribution in [-0.2, 0) is 9.53 Å². The molecule has 2 aromatic carbocycles. The molecule has 2 N–H and O–H groups in total. The van der Waals surface area contributed by atoms with E-state index < -0.39 is 0 Å². The second-order valence-electron chi connectivity index (χ2n) is 8.12. The molecule has 0 aromatic heterocycles. The largest absolute Gasteiger partial charge is 0.378 e. The van der Waals surface area contributed by atoms with E-state index in [-0.39, 0.29) is 17.7 Å². The maximum absolute atomic E-state index is 13.0. The highest BCUT2D eigenvalue weighted by atomic mass is 35.5. The number of hydrogen-bond donors (Lipinski definition) is 2. The van der Waals surface area contributed by atoms with E-state index in [1.807, 2.05) is 18.2 Å². The highest BCUT2D eigenvalue weighted by molar-refractivity contribution is 6.31. The second-order valence-corrected chi connectivity index (χ2v) is 8.56. The van der Waals surface area contributed by atoms with E-state index in [0.717, 1.165) is 44.5 Å². The molecule has 0 radical (unpaired) electrons. The van der Waals surface area contributed by atoms with E-state index in [0.29, 0.717) is 35.2 Å². The third kappa shape index (κ3) is 5.57. The zero-order valence-electron chi connectivity index (χ0n) is 17.5. The Kier molecular flexibility index (Phi) is 7.10. The van der Waals surface area contributed by atoms with E-state index in [9.17, 15) is 9.59 Å². The lowest BCUT2D eigenvalue weighted by Gasteiger charge is -2.30. The van der Waals surface area contributed by atoms with Gasteiger partial charge in [-0.05, 0) is 49.2 Å². The summed E-state index contributed by atoms with van der Waals surface area (Å²) >= 11 is 6.20. The van der Waals surface area contributed by atoms with E-state index in [1.54, 1.807) is 24.3 Å². The lowest BCUT2D eigenvalue weighted by Crippen LogP contribution is -2.36. The fraction of sp³-hybridized carbons (Fsp3) is 0.417. The number of carbonyl (C=O) groups is 2. The Hall–Kier alpha value is -2.57. The minimum atomic E-state index is -0.245. The molecule has 6 nitrogen and oxygen atoms in total. The molecule has 1 aliphatic heterocycles. The number of ether oxygens (including phenoxy) is 1. The van der Waals surface area contributed by atoms with E-state index in [2.05, 4.69) is 15.5 Å². The van der Waals surface area contributed by atoms with Crippen LogP contribution in [0.4, 0.5) is 17.1 Å². The topological polar surface area (TPSA) is 70.7 Å². The number of anilines is 3. The van der Waals surface area contributed by atoms with E-state index in [4.69, 9.17) is 16.3 Å². The lowest BCUT2D eigenvalue weighted by atomic mass is 9.88. The number of carbonyl (C=O) groups excluding carboxylic acids is 2. The van der Waals surface area contributed by atoms with Crippen molar-refractivity contribution in [1.82, 2.24) is 0 Å². The van der Waals surface area contributed by atoms with E-state index in [1.165, 1.54) is 6.42 Å². The molecule has 2 aromatic rings. The highest BCUT2D eigenvalue weighted by Gasteiger charge is 2.22. The van der Waals surface area contributed by atoms with Crippen molar-refractivity contribution in [2.24, 2.45) is 5.92 Å². The highest BCUT2D eigenvalue weighted by Crippen LogP contribution is 2.30. The Labute approximate surface area is 187 Å². The average Bonchev–Trinajstić information content (AvgIpc) is 2.80. The van der Waals surface area contributed by atoms with Crippen LogP contribution in [0.3, 0.4) is 0 Å². The number of morpholine rings is 1. The van der Waals surface area contributed by atoms with Gasteiger partial charge in [-0.25, -0.2) is 0 Å². The Morgan fingerprint density at radius 3 is 2.52 bits per heavy atom. The molecule has 4 rings (SSSR count). The predicted octanol–water partition coefficient (Wildman–Crippen LogP) is 4.95. The van der Waals surface area contributed by atoms with Gasteiger partial charge in [-0.2, -0.15) is 0 Å². The quantitative estimate of drug-likeness (QED) is 0.688. The summed E-state index contributed by atoms with van der Waals surface area (Å²) in [6.07, 6.45) is 5.28. The average molecular weight is 442 g/mol. The van der Waals surface area contributed by atoms with Crippen LogP contribution in [0, 0.1) is 5.92 Å². The molecule has 2 aliphatic rings. The number of hydrogen-bond acceptors (Lipinski definition) is 4. The van der Waals surface area contributed by atoms with E-state index >= 15 is 0 Å². The molecule has 0 bridgehead atoms. The summed E-state index contributed by atoms with van der Waals surface area (Å²) in [5.41, 5.74) is 2.70. The first kappa shape index (κ1) is 21.7. The van der Waals surface area contributed by atoms with Crippen LogP contribution >= 0.6 is 11.6 Å². The Balaban J connectivity index is 1.47. The van der Waals surface area contributed by atoms with Gasteiger partial charge in [0.05, 0.1) is 24.6 Å². The first-order chi connectivity index (χ1) is 15.1. The minimum Gasteiger partial charge on any atom is -0.378 e. The molecule has 0 atom stereocenters. The first-order valence-electron chi connectivity index (χ1n) is 10.9. The maximum Gasteiger partial charge on any atom is 0.255 e. The van der Waals surface area contributed by atoms with Gasteiger partial charge in [0.1, 0.15) is 0 Å². The summed E-state index contributed by atoms with van der Waals surface area (Å²) in [5.74, 6) is -0.138. The number of nitrogens with zero attached hydrogens (tertiary/aromatic N) is 1. The smallest absolute Gasteiger partial charge is 0.255 e. The molecule has 1 aliphatic carbocycles. The van der Waals surface area contributed by atoms with Crippen LogP contribution in [0.2, 0.25) is 5.02 Å². The summed E-state index contributed by atoms with van der Waals surface area (Å²) in [7, 11) is 0. The van der Waals surface area contributed by atoms with Gasteiger partial charge in [-0.15, -0.1) is 0 Å². The molecule has 0 unspecified atom stereocenters. The molecular weight excluding hydrogens is 414 g/mol. The van der Waals surface area contributed by atoms with Gasteiger partial charge >= 0.3 is 0 Å². The SMILES string of the molecule is O=C(Nc1cc(Cl)ccc1N1CCOCC1)c1cccc(NC(=O)C2CCCCC2)c1. The van der Waals surface area contributed by atoms with Gasteiger partial charge < -0.3 is 20.3 Å². The van der Waals surface area contributed by atoms with Gasteiger partial charge in [-0.3, -0.25) is 9.59 Å². The van der Waals surface area contributed by atoms with Crippen molar-refractivity contribution in [3.8, 4) is 0 Å². The van der Waals surface area contributed by atoms with Crippen LogP contribution in [0.15, 0.2) is 42.5 Å². The van der Waals surface area contributed by atoms with Gasteiger partial charge in [0, 0.05) is 35.3 Å². The maximum atomic E-state index is 13.0. The molecule has 1 heterocycles. The lowest BCUT2D eigenvalue weighted by molar-refractivity contribution is -0.120. The van der Waals surface area contributed by atoms with Crippen LogP contribution < -0.4 is 15.5 Å². The second kappa shape index (κ2) is 10.2. The standard InChI is InChI=1S/C24H28ClN3O3/c25-19-9-10-22(28-11-13-31-14-12-28)21(16-19)27-24(30)18-7-4-8-20(15-18)26-23(29)17-5-2-1-3-6-17/h4,7-10,15-17H,1-3,5-6,11-14H2,(H,26,29)(H,27,30). The van der Waals surface area contributed by atoms with Crippen molar-refractivity contribution in [2.75, 3.05) is 41.8 Å². The Bertz CT molecular complexity index is 937. The molecule has 2 amide bonds. The van der Waals surface area contributed by atoms with Crippen molar-refractivity contribution in [1.29, 1.82) is 0 Å². The van der Waals surface area contributed by atoms with Gasteiger partial charge in [-0.1, -0.05) is 36.9 Å². The number of rotatable bonds is 5. The van der Waals surface area contributed by atoms with Gasteiger partial charge in [0.25, 0.3) is 5.91 Å². The van der Waals surface area contributed by atoms with Crippen LogP contribution in [0.5, 0.6) is 0 Å². The van der Waals surface area contributed by atoms with Gasteiger partial charge in [0.2, 0.25) is 5.91 Å². The fourth-order valence-corrected chi connectivity index (χ4v) is 4.40. The summed E-state index contributed by atoms with van der Waals surface area (Å²) in [6, 6.07) is 12.6. The zero-order chi connectivity index (χ0) is 21.6.